The number of amides is 1. The van der Waals surface area contributed by atoms with Gasteiger partial charge in [-0.15, -0.1) is 0 Å². The van der Waals surface area contributed by atoms with E-state index >= 15 is 0 Å². The third-order valence-electron chi connectivity index (χ3n) is 2.16. The number of carbonyl (C=O) groups is 2. The second kappa shape index (κ2) is 6.47. The summed E-state index contributed by atoms with van der Waals surface area (Å²) in [6, 6.07) is 3.29. The molecule has 0 atom stereocenters. The Morgan fingerprint density at radius 1 is 1.41 bits per heavy atom. The number of rotatable bonds is 7. The number of aliphatic carboxylic acids is 1. The Labute approximate surface area is 98.8 Å². The van der Waals surface area contributed by atoms with Crippen LogP contribution in [-0.2, 0) is 4.79 Å². The molecule has 0 aliphatic heterocycles. The Kier molecular flexibility index (Phi) is 4.93. The van der Waals surface area contributed by atoms with E-state index in [1.54, 1.807) is 12.1 Å². The molecule has 0 spiro atoms. The van der Waals surface area contributed by atoms with Crippen LogP contribution in [0.3, 0.4) is 0 Å². The van der Waals surface area contributed by atoms with Crippen molar-refractivity contribution in [3.05, 3.63) is 24.0 Å². The highest BCUT2D eigenvalue weighted by Gasteiger charge is 2.02. The molecule has 1 heterocycles. The highest BCUT2D eigenvalue weighted by Crippen LogP contribution is 2.08. The lowest BCUT2D eigenvalue weighted by Gasteiger charge is -2.06. The van der Waals surface area contributed by atoms with Crippen molar-refractivity contribution < 1.29 is 14.7 Å². The van der Waals surface area contributed by atoms with Gasteiger partial charge in [0.1, 0.15) is 5.69 Å². The largest absolute Gasteiger partial charge is 0.481 e. The Morgan fingerprint density at radius 3 is 2.82 bits per heavy atom. The summed E-state index contributed by atoms with van der Waals surface area (Å²) in [6.45, 7) is 0.648. The highest BCUT2D eigenvalue weighted by atomic mass is 16.4. The number of nitrogens with zero attached hydrogens (tertiary/aromatic N) is 1. The SMILES string of the molecule is NC(=O)c1cc(NCCCCC(=O)O)ccn1. The summed E-state index contributed by atoms with van der Waals surface area (Å²) >= 11 is 0. The molecule has 0 fully saturated rings. The molecule has 0 saturated heterocycles. The van der Waals surface area contributed by atoms with Crippen molar-refractivity contribution >= 4 is 17.6 Å². The van der Waals surface area contributed by atoms with E-state index in [0.717, 1.165) is 12.1 Å². The summed E-state index contributed by atoms with van der Waals surface area (Å²) < 4.78 is 0. The van der Waals surface area contributed by atoms with E-state index in [9.17, 15) is 9.59 Å². The maximum atomic E-state index is 10.9. The van der Waals surface area contributed by atoms with Crippen molar-refractivity contribution in [1.29, 1.82) is 0 Å². The molecule has 0 aromatic carbocycles. The van der Waals surface area contributed by atoms with Crippen LogP contribution in [0.5, 0.6) is 0 Å². The number of nitrogens with two attached hydrogens (primary N) is 1. The van der Waals surface area contributed by atoms with Crippen molar-refractivity contribution in [3.8, 4) is 0 Å². The van der Waals surface area contributed by atoms with E-state index in [0.29, 0.717) is 13.0 Å². The zero-order valence-corrected chi connectivity index (χ0v) is 9.35. The molecule has 6 nitrogen and oxygen atoms in total. The van der Waals surface area contributed by atoms with Crippen molar-refractivity contribution in [2.45, 2.75) is 19.3 Å². The average Bonchev–Trinajstić information content (AvgIpc) is 2.28. The van der Waals surface area contributed by atoms with Crippen LogP contribution in [0.4, 0.5) is 5.69 Å². The predicted molar refractivity (Wildman–Crippen MR) is 62.7 cm³/mol. The average molecular weight is 237 g/mol. The number of nitrogens with one attached hydrogen (secondary N) is 1. The number of carbonyl (C=O) groups excluding carboxylic acids is 1. The standard InChI is InChI=1S/C11H15N3O3/c12-11(17)9-7-8(4-6-14-9)13-5-2-1-3-10(15)16/h4,6-7H,1-3,5H2,(H2,12,17)(H,13,14)(H,15,16). The van der Waals surface area contributed by atoms with Gasteiger partial charge in [-0.25, -0.2) is 0 Å². The molecule has 1 aromatic heterocycles. The minimum absolute atomic E-state index is 0.171. The summed E-state index contributed by atoms with van der Waals surface area (Å²) in [7, 11) is 0. The highest BCUT2D eigenvalue weighted by molar-refractivity contribution is 5.91. The number of hydrogen-bond acceptors (Lipinski definition) is 4. The third-order valence-corrected chi connectivity index (χ3v) is 2.16. The van der Waals surface area contributed by atoms with Crippen molar-refractivity contribution in [2.24, 2.45) is 5.73 Å². The molecule has 17 heavy (non-hydrogen) atoms. The lowest BCUT2D eigenvalue weighted by molar-refractivity contribution is -0.137. The van der Waals surface area contributed by atoms with E-state index in [1.807, 2.05) is 0 Å². The van der Waals surface area contributed by atoms with Crippen LogP contribution in [-0.4, -0.2) is 28.5 Å². The van der Waals surface area contributed by atoms with Crippen LogP contribution in [0.15, 0.2) is 18.3 Å². The normalized spacial score (nSPS) is 9.88. The van der Waals surface area contributed by atoms with Gasteiger partial charge in [0, 0.05) is 24.8 Å². The predicted octanol–water partition coefficient (Wildman–Crippen LogP) is 0.847. The lowest BCUT2D eigenvalue weighted by atomic mass is 10.2. The van der Waals surface area contributed by atoms with Crippen LogP contribution in [0.25, 0.3) is 0 Å². The first kappa shape index (κ1) is 13.0. The van der Waals surface area contributed by atoms with Gasteiger partial charge in [0.05, 0.1) is 0 Å². The minimum atomic E-state index is -0.787. The molecule has 0 aliphatic carbocycles. The maximum absolute atomic E-state index is 10.9. The van der Waals surface area contributed by atoms with Crippen LogP contribution in [0, 0.1) is 0 Å². The molecular formula is C11H15N3O3. The van der Waals surface area contributed by atoms with Gasteiger partial charge in [-0.1, -0.05) is 0 Å². The van der Waals surface area contributed by atoms with Gasteiger partial charge >= 0.3 is 5.97 Å². The van der Waals surface area contributed by atoms with E-state index in [4.69, 9.17) is 10.8 Å². The molecular weight excluding hydrogens is 222 g/mol. The molecule has 1 amide bonds. The van der Waals surface area contributed by atoms with E-state index in [-0.39, 0.29) is 12.1 Å². The maximum Gasteiger partial charge on any atom is 0.303 e. The Balaban J connectivity index is 2.34. The number of unbranched alkanes of at least 4 members (excludes halogenated alkanes) is 1. The molecule has 0 saturated carbocycles. The van der Waals surface area contributed by atoms with Gasteiger partial charge in [-0.3, -0.25) is 14.6 Å². The summed E-state index contributed by atoms with van der Waals surface area (Å²) in [4.78, 5) is 25.0. The van der Waals surface area contributed by atoms with Gasteiger partial charge < -0.3 is 16.2 Å². The lowest BCUT2D eigenvalue weighted by Crippen LogP contribution is -2.13. The van der Waals surface area contributed by atoms with E-state index in [1.165, 1.54) is 6.20 Å². The Bertz CT molecular complexity index is 407. The molecule has 0 radical (unpaired) electrons. The van der Waals surface area contributed by atoms with Gasteiger partial charge in [0.25, 0.3) is 5.91 Å². The van der Waals surface area contributed by atoms with Crippen molar-refractivity contribution in [2.75, 3.05) is 11.9 Å². The summed E-state index contributed by atoms with van der Waals surface area (Å²) in [5.74, 6) is -1.36. The fourth-order valence-electron chi connectivity index (χ4n) is 1.31. The monoisotopic (exact) mass is 237 g/mol. The fraction of sp³-hybridized carbons (Fsp3) is 0.364. The fourth-order valence-corrected chi connectivity index (χ4v) is 1.31. The number of pyridine rings is 1. The first-order valence-corrected chi connectivity index (χ1v) is 5.31. The van der Waals surface area contributed by atoms with Gasteiger partial charge in [0.2, 0.25) is 0 Å². The number of hydrogen-bond donors (Lipinski definition) is 3. The molecule has 0 aliphatic rings. The number of carboxylic acid groups (broad SMARTS) is 1. The zero-order valence-electron chi connectivity index (χ0n) is 9.35. The smallest absolute Gasteiger partial charge is 0.303 e. The second-order valence-corrected chi connectivity index (χ2v) is 3.57. The first-order chi connectivity index (χ1) is 8.09. The number of primary amides is 1. The van der Waals surface area contributed by atoms with Gasteiger partial charge in [0.15, 0.2) is 0 Å². The van der Waals surface area contributed by atoms with Gasteiger partial charge in [-0.05, 0) is 25.0 Å². The van der Waals surface area contributed by atoms with Crippen LogP contribution in [0.1, 0.15) is 29.8 Å². The van der Waals surface area contributed by atoms with Crippen molar-refractivity contribution in [3.63, 3.8) is 0 Å². The molecule has 0 unspecified atom stereocenters. The Morgan fingerprint density at radius 2 is 2.18 bits per heavy atom. The quantitative estimate of drug-likeness (QED) is 0.609. The molecule has 1 rings (SSSR count). The molecule has 0 bridgehead atoms. The zero-order chi connectivity index (χ0) is 12.7. The number of carboxylic acids is 1. The number of aromatic nitrogens is 1. The molecule has 1 aromatic rings. The van der Waals surface area contributed by atoms with Crippen LogP contribution in [0.2, 0.25) is 0 Å². The molecule has 92 valence electrons. The first-order valence-electron chi connectivity index (χ1n) is 5.31. The van der Waals surface area contributed by atoms with E-state index < -0.39 is 11.9 Å². The topological polar surface area (TPSA) is 105 Å². The van der Waals surface area contributed by atoms with Crippen molar-refractivity contribution in [1.82, 2.24) is 4.98 Å². The minimum Gasteiger partial charge on any atom is -0.481 e. The summed E-state index contributed by atoms with van der Waals surface area (Å²) in [5.41, 5.74) is 6.06. The van der Waals surface area contributed by atoms with Crippen LogP contribution >= 0.6 is 0 Å². The van der Waals surface area contributed by atoms with Gasteiger partial charge in [-0.2, -0.15) is 0 Å². The van der Waals surface area contributed by atoms with Crippen LogP contribution < -0.4 is 11.1 Å². The second-order valence-electron chi connectivity index (χ2n) is 3.57. The Hall–Kier alpha value is -2.11. The summed E-state index contributed by atoms with van der Waals surface area (Å²) in [6.07, 6.45) is 3.04. The third kappa shape index (κ3) is 4.96. The molecule has 6 heteroatoms. The molecule has 4 N–H and O–H groups in total. The summed E-state index contributed by atoms with van der Waals surface area (Å²) in [5, 5.41) is 11.5. The number of anilines is 1. The van der Waals surface area contributed by atoms with E-state index in [2.05, 4.69) is 10.3 Å².